The van der Waals surface area contributed by atoms with Gasteiger partial charge in [0.25, 0.3) is 0 Å². The summed E-state index contributed by atoms with van der Waals surface area (Å²) in [4.78, 5) is 0. The first-order valence-electron chi connectivity index (χ1n) is 6.69. The van der Waals surface area contributed by atoms with Gasteiger partial charge in [0.05, 0.1) is 18.3 Å². The van der Waals surface area contributed by atoms with Gasteiger partial charge >= 0.3 is 7.12 Å². The van der Waals surface area contributed by atoms with Gasteiger partial charge in [-0.1, -0.05) is 6.07 Å². The molecule has 0 radical (unpaired) electrons. The van der Waals surface area contributed by atoms with E-state index in [1.165, 1.54) is 0 Å². The standard InChI is InChI=1S/C15H23BO3/c1-10-9-13(17-7)11(2)8-12(10)16-18-14(3,4)15(5,6)19-16/h8-9H,1-7H3. The van der Waals surface area contributed by atoms with Crippen molar-refractivity contribution >= 4 is 12.6 Å². The molecule has 104 valence electrons. The summed E-state index contributed by atoms with van der Waals surface area (Å²) in [6.07, 6.45) is 0. The highest BCUT2D eigenvalue weighted by atomic mass is 16.7. The van der Waals surface area contributed by atoms with Crippen LogP contribution in [0.15, 0.2) is 12.1 Å². The van der Waals surface area contributed by atoms with Crippen LogP contribution in [0.4, 0.5) is 0 Å². The van der Waals surface area contributed by atoms with Gasteiger partial charge in [-0.05, 0) is 64.2 Å². The monoisotopic (exact) mass is 262 g/mol. The van der Waals surface area contributed by atoms with Crippen LogP contribution in [0.2, 0.25) is 0 Å². The van der Waals surface area contributed by atoms with Gasteiger partial charge in [0.2, 0.25) is 0 Å². The van der Waals surface area contributed by atoms with E-state index in [2.05, 4.69) is 40.7 Å². The number of rotatable bonds is 2. The van der Waals surface area contributed by atoms with E-state index in [1.54, 1.807) is 7.11 Å². The highest BCUT2D eigenvalue weighted by Crippen LogP contribution is 2.37. The number of benzene rings is 1. The molecule has 0 amide bonds. The summed E-state index contributed by atoms with van der Waals surface area (Å²) in [5.74, 6) is 0.901. The molecule has 0 atom stereocenters. The summed E-state index contributed by atoms with van der Waals surface area (Å²) < 4.78 is 17.5. The Kier molecular flexibility index (Phi) is 3.44. The van der Waals surface area contributed by atoms with Crippen molar-refractivity contribution in [2.75, 3.05) is 7.11 Å². The van der Waals surface area contributed by atoms with E-state index in [9.17, 15) is 0 Å². The summed E-state index contributed by atoms with van der Waals surface area (Å²) in [5, 5.41) is 0. The van der Waals surface area contributed by atoms with Gasteiger partial charge in [-0.2, -0.15) is 0 Å². The molecule has 19 heavy (non-hydrogen) atoms. The average molecular weight is 262 g/mol. The molecule has 1 aliphatic heterocycles. The highest BCUT2D eigenvalue weighted by Gasteiger charge is 2.52. The van der Waals surface area contributed by atoms with Gasteiger partial charge in [0.1, 0.15) is 5.75 Å². The third kappa shape index (κ3) is 2.39. The Labute approximate surface area is 116 Å². The number of methoxy groups -OCH3 is 1. The Hall–Kier alpha value is -0.995. The quantitative estimate of drug-likeness (QED) is 0.767. The molecule has 2 rings (SSSR count). The molecular formula is C15H23BO3. The summed E-state index contributed by atoms with van der Waals surface area (Å²) in [6, 6.07) is 4.13. The Morgan fingerprint density at radius 3 is 1.95 bits per heavy atom. The van der Waals surface area contributed by atoms with E-state index in [1.807, 2.05) is 13.0 Å². The van der Waals surface area contributed by atoms with Crippen molar-refractivity contribution in [1.29, 1.82) is 0 Å². The first-order chi connectivity index (χ1) is 8.68. The third-order valence-corrected chi connectivity index (χ3v) is 4.29. The fourth-order valence-corrected chi connectivity index (χ4v) is 2.26. The minimum absolute atomic E-state index is 0.308. The summed E-state index contributed by atoms with van der Waals surface area (Å²) in [7, 11) is 1.38. The van der Waals surface area contributed by atoms with Gasteiger partial charge in [0.15, 0.2) is 0 Å². The molecule has 1 aromatic carbocycles. The zero-order valence-electron chi connectivity index (χ0n) is 13.0. The topological polar surface area (TPSA) is 27.7 Å². The van der Waals surface area contributed by atoms with Crippen molar-refractivity contribution in [2.45, 2.75) is 52.7 Å². The minimum Gasteiger partial charge on any atom is -0.496 e. The van der Waals surface area contributed by atoms with Crippen LogP contribution in [0, 0.1) is 13.8 Å². The van der Waals surface area contributed by atoms with Crippen LogP contribution in [-0.4, -0.2) is 25.4 Å². The smallest absolute Gasteiger partial charge is 0.495 e. The maximum Gasteiger partial charge on any atom is 0.495 e. The van der Waals surface area contributed by atoms with Crippen LogP contribution in [0.25, 0.3) is 0 Å². The zero-order chi connectivity index (χ0) is 14.4. The first-order valence-corrected chi connectivity index (χ1v) is 6.69. The van der Waals surface area contributed by atoms with Gasteiger partial charge < -0.3 is 14.0 Å². The van der Waals surface area contributed by atoms with Crippen molar-refractivity contribution in [2.24, 2.45) is 0 Å². The van der Waals surface area contributed by atoms with Crippen LogP contribution in [0.3, 0.4) is 0 Å². The lowest BCUT2D eigenvalue weighted by Gasteiger charge is -2.32. The predicted octanol–water partition coefficient (Wildman–Crippen LogP) is 2.61. The minimum atomic E-state index is -0.311. The highest BCUT2D eigenvalue weighted by molar-refractivity contribution is 6.62. The molecule has 4 heteroatoms. The normalized spacial score (nSPS) is 20.7. The molecule has 0 bridgehead atoms. The second-order valence-electron chi connectivity index (χ2n) is 6.27. The number of hydrogen-bond donors (Lipinski definition) is 0. The van der Waals surface area contributed by atoms with Crippen molar-refractivity contribution in [3.63, 3.8) is 0 Å². The van der Waals surface area contributed by atoms with Crippen LogP contribution in [0.1, 0.15) is 38.8 Å². The summed E-state index contributed by atoms with van der Waals surface area (Å²) >= 11 is 0. The third-order valence-electron chi connectivity index (χ3n) is 4.29. The molecular weight excluding hydrogens is 239 g/mol. The number of hydrogen-bond acceptors (Lipinski definition) is 3. The molecule has 1 fully saturated rings. The second-order valence-corrected chi connectivity index (χ2v) is 6.27. The van der Waals surface area contributed by atoms with E-state index < -0.39 is 0 Å². The maximum atomic E-state index is 6.10. The Bertz CT molecular complexity index is 478. The Morgan fingerprint density at radius 2 is 1.47 bits per heavy atom. The van der Waals surface area contributed by atoms with Gasteiger partial charge in [0, 0.05) is 0 Å². The van der Waals surface area contributed by atoms with E-state index in [0.717, 1.165) is 22.3 Å². The van der Waals surface area contributed by atoms with Gasteiger partial charge in [-0.15, -0.1) is 0 Å². The first kappa shape index (κ1) is 14.4. The lowest BCUT2D eigenvalue weighted by atomic mass is 9.75. The van der Waals surface area contributed by atoms with E-state index >= 15 is 0 Å². The average Bonchev–Trinajstić information content (AvgIpc) is 2.50. The van der Waals surface area contributed by atoms with E-state index in [0.29, 0.717) is 0 Å². The van der Waals surface area contributed by atoms with E-state index in [4.69, 9.17) is 14.0 Å². The molecule has 1 aromatic rings. The van der Waals surface area contributed by atoms with E-state index in [-0.39, 0.29) is 18.3 Å². The van der Waals surface area contributed by atoms with Crippen molar-refractivity contribution in [3.8, 4) is 5.75 Å². The molecule has 0 unspecified atom stereocenters. The number of ether oxygens (including phenoxy) is 1. The molecule has 0 saturated carbocycles. The lowest BCUT2D eigenvalue weighted by Crippen LogP contribution is -2.41. The molecule has 1 saturated heterocycles. The predicted molar refractivity (Wildman–Crippen MR) is 78.2 cm³/mol. The molecule has 1 heterocycles. The molecule has 0 aliphatic carbocycles. The van der Waals surface area contributed by atoms with Crippen LogP contribution >= 0.6 is 0 Å². The fraction of sp³-hybridized carbons (Fsp3) is 0.600. The summed E-state index contributed by atoms with van der Waals surface area (Å²) in [6.45, 7) is 12.4. The molecule has 3 nitrogen and oxygen atoms in total. The lowest BCUT2D eigenvalue weighted by molar-refractivity contribution is 0.00578. The van der Waals surface area contributed by atoms with Crippen LogP contribution < -0.4 is 10.2 Å². The molecule has 0 N–H and O–H groups in total. The Balaban J connectivity index is 2.37. The van der Waals surface area contributed by atoms with Gasteiger partial charge in [-0.25, -0.2) is 0 Å². The van der Waals surface area contributed by atoms with Crippen molar-refractivity contribution < 1.29 is 14.0 Å². The zero-order valence-corrected chi connectivity index (χ0v) is 13.0. The molecule has 1 aliphatic rings. The molecule has 0 spiro atoms. The number of aryl methyl sites for hydroxylation is 2. The van der Waals surface area contributed by atoms with Crippen molar-refractivity contribution in [3.05, 3.63) is 23.3 Å². The Morgan fingerprint density at radius 1 is 0.947 bits per heavy atom. The van der Waals surface area contributed by atoms with Crippen molar-refractivity contribution in [1.82, 2.24) is 0 Å². The van der Waals surface area contributed by atoms with Crippen LogP contribution in [0.5, 0.6) is 5.75 Å². The SMILES string of the molecule is COc1cc(C)c(B2OC(C)(C)C(C)(C)O2)cc1C. The van der Waals surface area contributed by atoms with Crippen LogP contribution in [-0.2, 0) is 9.31 Å². The maximum absolute atomic E-state index is 6.10. The molecule has 0 aromatic heterocycles. The largest absolute Gasteiger partial charge is 0.496 e. The fourth-order valence-electron chi connectivity index (χ4n) is 2.26. The summed E-state index contributed by atoms with van der Waals surface area (Å²) in [5.41, 5.74) is 2.69. The van der Waals surface area contributed by atoms with Gasteiger partial charge in [-0.3, -0.25) is 0 Å². The second kappa shape index (κ2) is 4.53.